The smallest absolute Gasteiger partial charge is 0.334 e. The first-order chi connectivity index (χ1) is 13.2. The van der Waals surface area contributed by atoms with E-state index in [4.69, 9.17) is 13.8 Å². The molecule has 0 aliphatic carbocycles. The lowest BCUT2D eigenvalue weighted by molar-refractivity contribution is -0.147. The second-order valence-electron chi connectivity index (χ2n) is 6.04. The molecule has 0 aromatic heterocycles. The largest absolute Gasteiger partial charge is 0.469 e. The van der Waals surface area contributed by atoms with Gasteiger partial charge in [-0.05, 0) is 24.1 Å². The summed E-state index contributed by atoms with van der Waals surface area (Å²) in [5.41, 5.74) is 0.945. The van der Waals surface area contributed by atoms with E-state index in [1.807, 2.05) is 0 Å². The summed E-state index contributed by atoms with van der Waals surface area (Å²) >= 11 is 0. The number of benzene rings is 1. The van der Waals surface area contributed by atoms with Crippen LogP contribution < -0.4 is 5.32 Å². The molecule has 0 radical (unpaired) electrons. The van der Waals surface area contributed by atoms with E-state index in [1.54, 1.807) is 19.1 Å². The van der Waals surface area contributed by atoms with Gasteiger partial charge in [-0.3, -0.25) is 14.2 Å². The fourth-order valence-corrected chi connectivity index (χ4v) is 3.50. The zero-order valence-corrected chi connectivity index (χ0v) is 17.5. The van der Waals surface area contributed by atoms with Gasteiger partial charge in [-0.2, -0.15) is 0 Å². The predicted molar refractivity (Wildman–Crippen MR) is 101 cm³/mol. The van der Waals surface area contributed by atoms with E-state index < -0.39 is 37.4 Å². The molecule has 156 valence electrons. The number of hydrogen-bond acceptors (Lipinski definition) is 8. The standard InChI is InChI=1S/C18H26NO8P/c1-12(17(21)24-2)10-15(18(22)25-3)19-16(20)14-8-6-13(7-9-14)11-28(23,26-4)27-5/h6-9,12,15H,10-11H2,1-5H3,(H,19,20)/t12-,15-/m0/s1. The molecule has 0 aliphatic heterocycles. The molecule has 28 heavy (non-hydrogen) atoms. The van der Waals surface area contributed by atoms with Gasteiger partial charge in [0.2, 0.25) is 0 Å². The van der Waals surface area contributed by atoms with Crippen molar-refractivity contribution in [3.63, 3.8) is 0 Å². The molecule has 1 aromatic rings. The van der Waals surface area contributed by atoms with Crippen molar-refractivity contribution >= 4 is 25.4 Å². The molecule has 0 bridgehead atoms. The van der Waals surface area contributed by atoms with E-state index in [2.05, 4.69) is 10.1 Å². The summed E-state index contributed by atoms with van der Waals surface area (Å²) in [4.78, 5) is 36.0. The maximum absolute atomic E-state index is 12.5. The molecule has 0 unspecified atom stereocenters. The van der Waals surface area contributed by atoms with E-state index in [-0.39, 0.29) is 18.1 Å². The number of methoxy groups -OCH3 is 2. The van der Waals surface area contributed by atoms with Crippen LogP contribution in [0.1, 0.15) is 29.3 Å². The van der Waals surface area contributed by atoms with Crippen molar-refractivity contribution in [2.24, 2.45) is 5.92 Å². The molecule has 10 heteroatoms. The van der Waals surface area contributed by atoms with Crippen LogP contribution in [-0.4, -0.2) is 52.3 Å². The summed E-state index contributed by atoms with van der Waals surface area (Å²) in [6, 6.07) is 5.28. The van der Waals surface area contributed by atoms with Crippen LogP contribution >= 0.6 is 7.60 Å². The third kappa shape index (κ3) is 6.74. The Balaban J connectivity index is 2.86. The fraction of sp³-hybridized carbons (Fsp3) is 0.500. The molecule has 2 atom stereocenters. The van der Waals surface area contributed by atoms with Crippen molar-refractivity contribution in [2.45, 2.75) is 25.5 Å². The van der Waals surface area contributed by atoms with E-state index in [0.29, 0.717) is 5.56 Å². The van der Waals surface area contributed by atoms with Crippen molar-refractivity contribution in [3.05, 3.63) is 35.4 Å². The maximum Gasteiger partial charge on any atom is 0.334 e. The summed E-state index contributed by atoms with van der Waals surface area (Å²) < 4.78 is 31.3. The highest BCUT2D eigenvalue weighted by Crippen LogP contribution is 2.49. The van der Waals surface area contributed by atoms with Crippen molar-refractivity contribution < 1.29 is 37.5 Å². The zero-order chi connectivity index (χ0) is 21.3. The van der Waals surface area contributed by atoms with Crippen molar-refractivity contribution in [3.8, 4) is 0 Å². The van der Waals surface area contributed by atoms with Gasteiger partial charge in [0.15, 0.2) is 0 Å². The molecule has 0 spiro atoms. The van der Waals surface area contributed by atoms with Gasteiger partial charge in [-0.25, -0.2) is 4.79 Å². The number of hydrogen-bond donors (Lipinski definition) is 1. The molecule has 1 N–H and O–H groups in total. The Labute approximate surface area is 164 Å². The van der Waals surface area contributed by atoms with Crippen LogP contribution in [0.4, 0.5) is 0 Å². The Morgan fingerprint density at radius 3 is 1.96 bits per heavy atom. The normalized spacial score (nSPS) is 13.3. The Kier molecular flexibility index (Phi) is 9.31. The highest BCUT2D eigenvalue weighted by molar-refractivity contribution is 7.52. The summed E-state index contributed by atoms with van der Waals surface area (Å²) in [5.74, 6) is -2.27. The maximum atomic E-state index is 12.5. The number of ether oxygens (including phenoxy) is 2. The Morgan fingerprint density at radius 1 is 0.964 bits per heavy atom. The number of rotatable bonds is 10. The molecule has 1 rings (SSSR count). The second kappa shape index (κ2) is 10.9. The Hall–Kier alpha value is -2.22. The molecule has 0 saturated heterocycles. The number of esters is 2. The molecule has 0 fully saturated rings. The van der Waals surface area contributed by atoms with Crippen LogP contribution in [0.15, 0.2) is 24.3 Å². The highest BCUT2D eigenvalue weighted by Gasteiger charge is 2.28. The van der Waals surface area contributed by atoms with Crippen LogP contribution in [0, 0.1) is 5.92 Å². The summed E-state index contributed by atoms with van der Waals surface area (Å²) in [6.45, 7) is 1.59. The van der Waals surface area contributed by atoms with Crippen molar-refractivity contribution in [1.29, 1.82) is 0 Å². The molecular weight excluding hydrogens is 389 g/mol. The van der Waals surface area contributed by atoms with Gasteiger partial charge in [-0.1, -0.05) is 19.1 Å². The number of carbonyl (C=O) groups excluding carboxylic acids is 3. The minimum absolute atomic E-state index is 0.0357. The van der Waals surface area contributed by atoms with E-state index in [0.717, 1.165) is 0 Å². The van der Waals surface area contributed by atoms with Gasteiger partial charge < -0.3 is 23.8 Å². The van der Waals surface area contributed by atoms with Gasteiger partial charge in [0.05, 0.1) is 26.3 Å². The van der Waals surface area contributed by atoms with Gasteiger partial charge in [0.1, 0.15) is 6.04 Å². The lowest BCUT2D eigenvalue weighted by Gasteiger charge is -2.19. The minimum atomic E-state index is -3.22. The Bertz CT molecular complexity index is 726. The minimum Gasteiger partial charge on any atom is -0.469 e. The lowest BCUT2D eigenvalue weighted by Crippen LogP contribution is -2.43. The molecule has 1 aromatic carbocycles. The summed E-state index contributed by atoms with van der Waals surface area (Å²) in [6.07, 6.45) is 0.0946. The van der Waals surface area contributed by atoms with Gasteiger partial charge in [-0.15, -0.1) is 0 Å². The van der Waals surface area contributed by atoms with Gasteiger partial charge in [0.25, 0.3) is 5.91 Å². The van der Waals surface area contributed by atoms with Crippen LogP contribution in [0.2, 0.25) is 0 Å². The first-order valence-corrected chi connectivity index (χ1v) is 10.2. The Morgan fingerprint density at radius 2 is 1.50 bits per heavy atom. The number of nitrogens with one attached hydrogen (secondary N) is 1. The highest BCUT2D eigenvalue weighted by atomic mass is 31.2. The monoisotopic (exact) mass is 415 g/mol. The zero-order valence-electron chi connectivity index (χ0n) is 16.6. The first kappa shape index (κ1) is 23.8. The van der Waals surface area contributed by atoms with Crippen LogP contribution in [0.5, 0.6) is 0 Å². The summed E-state index contributed by atoms with van der Waals surface area (Å²) in [5, 5.41) is 2.56. The molecule has 0 aliphatic rings. The predicted octanol–water partition coefficient (Wildman–Crippen LogP) is 2.14. The van der Waals surface area contributed by atoms with Gasteiger partial charge in [0, 0.05) is 19.8 Å². The third-order valence-electron chi connectivity index (χ3n) is 4.13. The third-order valence-corrected chi connectivity index (χ3v) is 6.00. The number of carbonyl (C=O) groups is 3. The number of amides is 1. The average molecular weight is 415 g/mol. The quantitative estimate of drug-likeness (QED) is 0.456. The fourth-order valence-electron chi connectivity index (χ4n) is 2.44. The molecular formula is C18H26NO8P. The molecule has 1 amide bonds. The molecule has 9 nitrogen and oxygen atoms in total. The molecule has 0 saturated carbocycles. The van der Waals surface area contributed by atoms with E-state index >= 15 is 0 Å². The molecule has 0 heterocycles. The second-order valence-corrected chi connectivity index (χ2v) is 8.31. The van der Waals surface area contributed by atoms with E-state index in [1.165, 1.54) is 40.6 Å². The van der Waals surface area contributed by atoms with Crippen molar-refractivity contribution in [1.82, 2.24) is 5.32 Å². The first-order valence-electron chi connectivity index (χ1n) is 8.45. The van der Waals surface area contributed by atoms with Gasteiger partial charge >= 0.3 is 19.5 Å². The van der Waals surface area contributed by atoms with Crippen LogP contribution in [0.25, 0.3) is 0 Å². The van der Waals surface area contributed by atoms with E-state index in [9.17, 15) is 18.9 Å². The van der Waals surface area contributed by atoms with Crippen molar-refractivity contribution in [2.75, 3.05) is 28.4 Å². The lowest BCUT2D eigenvalue weighted by atomic mass is 10.0. The van der Waals surface area contributed by atoms with Crippen LogP contribution in [0.3, 0.4) is 0 Å². The topological polar surface area (TPSA) is 117 Å². The van der Waals surface area contributed by atoms with Crippen LogP contribution in [-0.2, 0) is 38.8 Å². The SMILES string of the molecule is COC(=O)[C@H](C[C@H](C)C(=O)OC)NC(=O)c1ccc(CP(=O)(OC)OC)cc1. The average Bonchev–Trinajstić information content (AvgIpc) is 2.72. The summed E-state index contributed by atoms with van der Waals surface area (Å²) in [7, 11) is 1.83.